The lowest BCUT2D eigenvalue weighted by molar-refractivity contribution is -0.137. The third-order valence-corrected chi connectivity index (χ3v) is 5.95. The lowest BCUT2D eigenvalue weighted by Crippen LogP contribution is -2.27. The van der Waals surface area contributed by atoms with Crippen molar-refractivity contribution < 1.29 is 22.8 Å². The van der Waals surface area contributed by atoms with Crippen molar-refractivity contribution in [3.8, 4) is 11.1 Å². The first kappa shape index (κ1) is 24.8. The first-order chi connectivity index (χ1) is 17.1. The van der Waals surface area contributed by atoms with Crippen LogP contribution in [0.5, 0.6) is 0 Å². The van der Waals surface area contributed by atoms with Crippen molar-refractivity contribution >= 4 is 17.5 Å². The highest BCUT2D eigenvalue weighted by atomic mass is 19.4. The summed E-state index contributed by atoms with van der Waals surface area (Å²) < 4.78 is 41.9. The molecule has 4 N–H and O–H groups in total. The molecule has 0 bridgehead atoms. The van der Waals surface area contributed by atoms with E-state index >= 15 is 0 Å². The summed E-state index contributed by atoms with van der Waals surface area (Å²) in [6, 6.07) is 19.9. The molecule has 0 aliphatic rings. The Morgan fingerprint density at radius 1 is 0.917 bits per heavy atom. The van der Waals surface area contributed by atoms with Crippen molar-refractivity contribution in [3.63, 3.8) is 0 Å². The molecule has 1 aromatic heterocycles. The summed E-state index contributed by atoms with van der Waals surface area (Å²) in [4.78, 5) is 29.5. The van der Waals surface area contributed by atoms with E-state index in [1.807, 2.05) is 31.2 Å². The van der Waals surface area contributed by atoms with Crippen molar-refractivity contribution in [2.24, 2.45) is 0 Å². The molecule has 1 heterocycles. The number of nitrogen functional groups attached to an aromatic ring is 1. The van der Waals surface area contributed by atoms with Gasteiger partial charge < -0.3 is 16.0 Å². The number of nitrogens with one attached hydrogen (secondary N) is 2. The van der Waals surface area contributed by atoms with Crippen LogP contribution >= 0.6 is 0 Å². The lowest BCUT2D eigenvalue weighted by Gasteiger charge is -2.17. The Balaban J connectivity index is 1.87. The third-order valence-electron chi connectivity index (χ3n) is 5.95. The number of aryl methyl sites for hydroxylation is 1. The average Bonchev–Trinajstić information content (AvgIpc) is 3.21. The number of alkyl halides is 3. The Morgan fingerprint density at radius 2 is 1.53 bits per heavy atom. The van der Waals surface area contributed by atoms with Gasteiger partial charge in [0.1, 0.15) is 5.82 Å². The molecule has 8 heteroatoms. The highest BCUT2D eigenvalue weighted by molar-refractivity contribution is 6.17. The Morgan fingerprint density at radius 3 is 2.17 bits per heavy atom. The molecular formula is C28H24F3N3O2. The predicted octanol–water partition coefficient (Wildman–Crippen LogP) is 6.31. The first-order valence-electron chi connectivity index (χ1n) is 11.2. The molecule has 0 aliphatic heterocycles. The zero-order valence-electron chi connectivity index (χ0n) is 19.6. The molecule has 0 saturated heterocycles. The first-order valence-corrected chi connectivity index (χ1v) is 11.2. The van der Waals surface area contributed by atoms with E-state index in [2.05, 4.69) is 10.3 Å². The van der Waals surface area contributed by atoms with Crippen LogP contribution in [-0.4, -0.2) is 16.7 Å². The van der Waals surface area contributed by atoms with Gasteiger partial charge in [-0.1, -0.05) is 78.4 Å². The van der Waals surface area contributed by atoms with Crippen molar-refractivity contribution in [2.75, 3.05) is 5.73 Å². The molecule has 4 rings (SSSR count). The fraction of sp³-hybridized carbons (Fsp3) is 0.143. The fourth-order valence-corrected chi connectivity index (χ4v) is 4.08. The zero-order valence-corrected chi connectivity index (χ0v) is 19.6. The summed E-state index contributed by atoms with van der Waals surface area (Å²) in [5.74, 6) is -1.48. The Labute approximate surface area is 206 Å². The number of hydrogen-bond donors (Lipinski definition) is 3. The second-order valence-electron chi connectivity index (χ2n) is 8.51. The standard InChI is InChI=1S/C28H24F3N3O2/c1-16-12-14-18(15-13-16)17(2)33-27(36)23-22(20-10-6-7-11-21(20)28(29,30)31)24(34-26(23)32)25(35)19-8-4-3-5-9-19/h3-15,17,34H,32H2,1-2H3,(H,33,36)/t17-/m1/s1. The highest BCUT2D eigenvalue weighted by Gasteiger charge is 2.37. The third kappa shape index (κ3) is 4.88. The summed E-state index contributed by atoms with van der Waals surface area (Å²) >= 11 is 0. The summed E-state index contributed by atoms with van der Waals surface area (Å²) in [6.45, 7) is 3.69. The number of amides is 1. The molecule has 3 aromatic carbocycles. The zero-order chi connectivity index (χ0) is 26.0. The summed E-state index contributed by atoms with van der Waals surface area (Å²) in [5.41, 5.74) is 6.34. The topological polar surface area (TPSA) is 88.0 Å². The van der Waals surface area contributed by atoms with Gasteiger partial charge in [-0.15, -0.1) is 0 Å². The minimum atomic E-state index is -4.72. The van der Waals surface area contributed by atoms with Gasteiger partial charge in [-0.3, -0.25) is 9.59 Å². The number of benzene rings is 3. The largest absolute Gasteiger partial charge is 0.417 e. The molecule has 1 amide bonds. The quantitative estimate of drug-likeness (QED) is 0.276. The minimum Gasteiger partial charge on any atom is -0.385 e. The number of hydrogen-bond acceptors (Lipinski definition) is 3. The summed E-state index contributed by atoms with van der Waals surface area (Å²) in [6.07, 6.45) is -4.72. The number of halogens is 3. The van der Waals surface area contributed by atoms with Crippen LogP contribution in [0.2, 0.25) is 0 Å². The molecule has 0 saturated carbocycles. The maximum absolute atomic E-state index is 14.0. The van der Waals surface area contributed by atoms with Gasteiger partial charge in [0.15, 0.2) is 0 Å². The predicted molar refractivity (Wildman–Crippen MR) is 133 cm³/mol. The van der Waals surface area contributed by atoms with E-state index in [4.69, 9.17) is 5.73 Å². The van der Waals surface area contributed by atoms with Gasteiger partial charge in [0.2, 0.25) is 5.78 Å². The SMILES string of the molecule is Cc1ccc([C@@H](C)NC(=O)c2c(N)[nH]c(C(=O)c3ccccc3)c2-c2ccccc2C(F)(F)F)cc1. The maximum Gasteiger partial charge on any atom is 0.417 e. The molecule has 4 aromatic rings. The van der Waals surface area contributed by atoms with Crippen molar-refractivity contribution in [1.29, 1.82) is 0 Å². The fourth-order valence-electron chi connectivity index (χ4n) is 4.08. The van der Waals surface area contributed by atoms with Crippen LogP contribution in [0.1, 0.15) is 56.1 Å². The summed E-state index contributed by atoms with van der Waals surface area (Å²) in [5, 5.41) is 2.80. The highest BCUT2D eigenvalue weighted by Crippen LogP contribution is 2.41. The molecule has 184 valence electrons. The van der Waals surface area contributed by atoms with Gasteiger partial charge >= 0.3 is 6.18 Å². The molecule has 1 atom stereocenters. The molecule has 0 spiro atoms. The summed E-state index contributed by atoms with van der Waals surface area (Å²) in [7, 11) is 0. The van der Waals surface area contributed by atoms with Crippen LogP contribution in [-0.2, 0) is 6.18 Å². The van der Waals surface area contributed by atoms with Crippen molar-refractivity contribution in [1.82, 2.24) is 10.3 Å². The Bertz CT molecular complexity index is 1410. The van der Waals surface area contributed by atoms with E-state index in [9.17, 15) is 22.8 Å². The number of aromatic amines is 1. The second-order valence-corrected chi connectivity index (χ2v) is 8.51. The van der Waals surface area contributed by atoms with E-state index in [0.717, 1.165) is 17.2 Å². The van der Waals surface area contributed by atoms with E-state index in [0.29, 0.717) is 0 Å². The van der Waals surface area contributed by atoms with Crippen LogP contribution in [0.25, 0.3) is 11.1 Å². The molecule has 0 aliphatic carbocycles. The van der Waals surface area contributed by atoms with Crippen molar-refractivity contribution in [3.05, 3.63) is 112 Å². The normalized spacial score (nSPS) is 12.2. The van der Waals surface area contributed by atoms with Gasteiger partial charge in [-0.25, -0.2) is 0 Å². The van der Waals surface area contributed by atoms with Crippen LogP contribution in [0.15, 0.2) is 78.9 Å². The smallest absolute Gasteiger partial charge is 0.385 e. The van der Waals surface area contributed by atoms with E-state index in [-0.39, 0.29) is 33.8 Å². The van der Waals surface area contributed by atoms with Crippen molar-refractivity contribution in [2.45, 2.75) is 26.1 Å². The second kappa shape index (κ2) is 9.73. The van der Waals surface area contributed by atoms with Crippen LogP contribution in [0.4, 0.5) is 19.0 Å². The number of rotatable bonds is 6. The van der Waals surface area contributed by atoms with Gasteiger partial charge in [-0.05, 0) is 31.0 Å². The van der Waals surface area contributed by atoms with Crippen LogP contribution in [0.3, 0.4) is 0 Å². The minimum absolute atomic E-state index is 0.191. The van der Waals surface area contributed by atoms with Gasteiger partial charge in [0, 0.05) is 11.1 Å². The number of anilines is 1. The molecule has 36 heavy (non-hydrogen) atoms. The number of nitrogens with two attached hydrogens (primary N) is 1. The molecule has 5 nitrogen and oxygen atoms in total. The maximum atomic E-state index is 14.0. The van der Waals surface area contributed by atoms with Gasteiger partial charge in [-0.2, -0.15) is 13.2 Å². The molecule has 0 unspecified atom stereocenters. The monoisotopic (exact) mass is 491 g/mol. The lowest BCUT2D eigenvalue weighted by atomic mass is 9.92. The average molecular weight is 492 g/mol. The number of carbonyl (C=O) groups excluding carboxylic acids is 2. The van der Waals surface area contributed by atoms with E-state index < -0.39 is 29.5 Å². The van der Waals surface area contributed by atoms with Gasteiger partial charge in [0.05, 0.1) is 22.9 Å². The Kier molecular flexibility index (Phi) is 6.70. The number of aromatic nitrogens is 1. The van der Waals surface area contributed by atoms with Crippen LogP contribution < -0.4 is 11.1 Å². The van der Waals surface area contributed by atoms with E-state index in [1.54, 1.807) is 25.1 Å². The van der Waals surface area contributed by atoms with Crippen LogP contribution in [0, 0.1) is 6.92 Å². The Hall–Kier alpha value is -4.33. The molecule has 0 radical (unpaired) electrons. The number of H-pyrrole nitrogens is 1. The van der Waals surface area contributed by atoms with Gasteiger partial charge in [0.25, 0.3) is 5.91 Å². The molecular weight excluding hydrogens is 467 g/mol. The molecule has 0 fully saturated rings. The number of ketones is 1. The van der Waals surface area contributed by atoms with E-state index in [1.165, 1.54) is 30.3 Å². The number of carbonyl (C=O) groups is 2.